The highest BCUT2D eigenvalue weighted by molar-refractivity contribution is 6.17. The molecule has 6 nitrogen and oxygen atoms in total. The van der Waals surface area contributed by atoms with Crippen molar-refractivity contribution in [3.8, 4) is 0 Å². The number of anilines is 2. The van der Waals surface area contributed by atoms with Crippen LogP contribution in [0, 0.1) is 0 Å². The lowest BCUT2D eigenvalue weighted by Gasteiger charge is -2.30. The number of piperidine rings is 1. The molecular weight excluding hydrogens is 294 g/mol. The van der Waals surface area contributed by atoms with E-state index in [9.17, 15) is 9.59 Å². The summed E-state index contributed by atoms with van der Waals surface area (Å²) in [4.78, 5) is 27.4. The number of nitrogens with zero attached hydrogens (tertiary/aromatic N) is 2. The number of nitrogens with one attached hydrogen (secondary N) is 1. The van der Waals surface area contributed by atoms with Gasteiger partial charge in [-0.1, -0.05) is 12.1 Å². The van der Waals surface area contributed by atoms with Crippen LogP contribution in [-0.2, 0) is 9.59 Å². The summed E-state index contributed by atoms with van der Waals surface area (Å²) in [6.45, 7) is 1.79. The molecule has 0 unspecified atom stereocenters. The second-order valence-electron chi connectivity index (χ2n) is 5.77. The first-order valence-corrected chi connectivity index (χ1v) is 8.00. The molecule has 2 N–H and O–H groups in total. The highest BCUT2D eigenvalue weighted by Crippen LogP contribution is 2.30. The molecule has 0 radical (unpaired) electrons. The Labute approximate surface area is 135 Å². The summed E-state index contributed by atoms with van der Waals surface area (Å²) in [6.07, 6.45) is 4.88. The van der Waals surface area contributed by atoms with E-state index < -0.39 is 5.91 Å². The van der Waals surface area contributed by atoms with Gasteiger partial charge in [-0.3, -0.25) is 14.5 Å². The number of benzene rings is 1. The van der Waals surface area contributed by atoms with Crippen molar-refractivity contribution in [2.45, 2.75) is 19.3 Å². The molecule has 1 aromatic carbocycles. The average molecular weight is 315 g/mol. The molecule has 0 bridgehead atoms. The van der Waals surface area contributed by atoms with Gasteiger partial charge in [-0.25, -0.2) is 0 Å². The van der Waals surface area contributed by atoms with E-state index in [0.29, 0.717) is 0 Å². The lowest BCUT2D eigenvalue weighted by molar-refractivity contribution is -0.137. The maximum atomic E-state index is 12.2. The first kappa shape index (κ1) is 15.6. The monoisotopic (exact) mass is 315 g/mol. The zero-order valence-electron chi connectivity index (χ0n) is 13.0. The number of imide groups is 1. The van der Waals surface area contributed by atoms with Gasteiger partial charge in [0, 0.05) is 19.2 Å². The zero-order chi connectivity index (χ0) is 16.2. The Bertz CT molecular complexity index is 636. The largest absolute Gasteiger partial charge is 0.395 e. The Morgan fingerprint density at radius 3 is 2.57 bits per heavy atom. The molecule has 1 aromatic rings. The highest BCUT2D eigenvalue weighted by Gasteiger charge is 2.31. The molecule has 0 aromatic heterocycles. The van der Waals surface area contributed by atoms with Gasteiger partial charge in [-0.2, -0.15) is 0 Å². The fourth-order valence-electron chi connectivity index (χ4n) is 3.04. The summed E-state index contributed by atoms with van der Waals surface area (Å²) in [7, 11) is 0. The Morgan fingerprint density at radius 2 is 1.83 bits per heavy atom. The van der Waals surface area contributed by atoms with E-state index in [0.717, 1.165) is 29.4 Å². The number of aliphatic hydroxyl groups is 1. The summed E-state index contributed by atoms with van der Waals surface area (Å²) in [5, 5.41) is 12.1. The summed E-state index contributed by atoms with van der Waals surface area (Å²) in [6, 6.07) is 7.82. The fourth-order valence-corrected chi connectivity index (χ4v) is 3.04. The fraction of sp³-hybridized carbons (Fsp3) is 0.412. The molecule has 23 heavy (non-hydrogen) atoms. The number of amides is 2. The molecule has 2 aliphatic rings. The van der Waals surface area contributed by atoms with Gasteiger partial charge in [0.05, 0.1) is 24.5 Å². The first-order valence-electron chi connectivity index (χ1n) is 8.00. The van der Waals surface area contributed by atoms with Crippen LogP contribution in [-0.4, -0.2) is 48.1 Å². The van der Waals surface area contributed by atoms with Crippen LogP contribution in [0.3, 0.4) is 0 Å². The van der Waals surface area contributed by atoms with Gasteiger partial charge in [-0.15, -0.1) is 0 Å². The lowest BCUT2D eigenvalue weighted by Crippen LogP contribution is -2.34. The minimum atomic E-state index is -0.391. The van der Waals surface area contributed by atoms with Gasteiger partial charge >= 0.3 is 0 Å². The summed E-state index contributed by atoms with van der Waals surface area (Å²) >= 11 is 0. The van der Waals surface area contributed by atoms with Crippen LogP contribution >= 0.6 is 0 Å². The quantitative estimate of drug-likeness (QED) is 0.802. The minimum Gasteiger partial charge on any atom is -0.395 e. The number of carbonyl (C=O) groups is 2. The van der Waals surface area contributed by atoms with Gasteiger partial charge in [0.2, 0.25) is 0 Å². The SMILES string of the molecule is O=C1C=C(Nc2ccccc2N2CCCCC2)C(=O)N1CCO. The van der Waals surface area contributed by atoms with Gasteiger partial charge in [0.1, 0.15) is 5.70 Å². The Hall–Kier alpha value is -2.34. The van der Waals surface area contributed by atoms with Gasteiger partial charge in [0.15, 0.2) is 0 Å². The Balaban J connectivity index is 1.80. The van der Waals surface area contributed by atoms with Crippen LogP contribution in [0.5, 0.6) is 0 Å². The van der Waals surface area contributed by atoms with Crippen molar-refractivity contribution in [3.05, 3.63) is 36.0 Å². The summed E-state index contributed by atoms with van der Waals surface area (Å²) in [5.41, 5.74) is 2.13. The first-order chi connectivity index (χ1) is 11.2. The van der Waals surface area contributed by atoms with Crippen molar-refractivity contribution in [2.24, 2.45) is 0 Å². The van der Waals surface area contributed by atoms with E-state index in [2.05, 4.69) is 10.2 Å². The number of para-hydroxylation sites is 2. The van der Waals surface area contributed by atoms with E-state index in [1.807, 2.05) is 24.3 Å². The molecule has 2 aliphatic heterocycles. The average Bonchev–Trinajstić information content (AvgIpc) is 2.84. The summed E-state index contributed by atoms with van der Waals surface area (Å²) in [5.74, 6) is -0.778. The Kier molecular flexibility index (Phi) is 4.62. The third kappa shape index (κ3) is 3.22. The standard InChI is InChI=1S/C17H21N3O3/c21-11-10-20-16(22)12-14(17(20)23)18-13-6-2-3-7-15(13)19-8-4-1-5-9-19/h2-3,6-7,12,18,21H,1,4-5,8-11H2. The summed E-state index contributed by atoms with van der Waals surface area (Å²) < 4.78 is 0. The smallest absolute Gasteiger partial charge is 0.277 e. The second kappa shape index (κ2) is 6.83. The van der Waals surface area contributed by atoms with Crippen molar-refractivity contribution >= 4 is 23.2 Å². The third-order valence-corrected chi connectivity index (χ3v) is 4.20. The van der Waals surface area contributed by atoms with Crippen LogP contribution in [0.4, 0.5) is 11.4 Å². The zero-order valence-corrected chi connectivity index (χ0v) is 13.0. The van der Waals surface area contributed by atoms with Crippen LogP contribution in [0.15, 0.2) is 36.0 Å². The van der Waals surface area contributed by atoms with Gasteiger partial charge < -0.3 is 15.3 Å². The molecule has 6 heteroatoms. The minimum absolute atomic E-state index is 0.0210. The van der Waals surface area contributed by atoms with E-state index in [-0.39, 0.29) is 24.8 Å². The van der Waals surface area contributed by atoms with Crippen molar-refractivity contribution < 1.29 is 14.7 Å². The van der Waals surface area contributed by atoms with Crippen LogP contribution in [0.2, 0.25) is 0 Å². The van der Waals surface area contributed by atoms with E-state index >= 15 is 0 Å². The number of aliphatic hydroxyl groups excluding tert-OH is 1. The molecule has 3 rings (SSSR count). The molecule has 2 heterocycles. The maximum Gasteiger partial charge on any atom is 0.277 e. The second-order valence-corrected chi connectivity index (χ2v) is 5.77. The van der Waals surface area contributed by atoms with Crippen molar-refractivity contribution in [1.29, 1.82) is 0 Å². The van der Waals surface area contributed by atoms with Crippen molar-refractivity contribution in [1.82, 2.24) is 4.90 Å². The molecular formula is C17H21N3O3. The number of hydrogen-bond acceptors (Lipinski definition) is 5. The van der Waals surface area contributed by atoms with Crippen molar-refractivity contribution in [2.75, 3.05) is 36.5 Å². The van der Waals surface area contributed by atoms with Gasteiger partial charge in [-0.05, 0) is 31.4 Å². The maximum absolute atomic E-state index is 12.2. The topological polar surface area (TPSA) is 72.9 Å². The molecule has 2 amide bonds. The highest BCUT2D eigenvalue weighted by atomic mass is 16.3. The third-order valence-electron chi connectivity index (χ3n) is 4.20. The molecule has 0 saturated carbocycles. The Morgan fingerprint density at radius 1 is 1.09 bits per heavy atom. The van der Waals surface area contributed by atoms with Crippen LogP contribution in [0.1, 0.15) is 19.3 Å². The molecule has 0 atom stereocenters. The van der Waals surface area contributed by atoms with E-state index in [1.54, 1.807) is 0 Å². The van der Waals surface area contributed by atoms with Crippen LogP contribution < -0.4 is 10.2 Å². The molecule has 1 saturated heterocycles. The van der Waals surface area contributed by atoms with Gasteiger partial charge in [0.25, 0.3) is 11.8 Å². The number of carbonyl (C=O) groups excluding carboxylic acids is 2. The molecule has 0 spiro atoms. The molecule has 122 valence electrons. The number of hydrogen-bond donors (Lipinski definition) is 2. The number of β-amino-alcohol motifs (C(OH)–C–C–N with tert-alkyl or cyclic N) is 1. The number of rotatable bonds is 5. The molecule has 1 fully saturated rings. The molecule has 0 aliphatic carbocycles. The van der Waals surface area contributed by atoms with E-state index in [4.69, 9.17) is 5.11 Å². The normalized spacial score (nSPS) is 18.4. The predicted molar refractivity (Wildman–Crippen MR) is 88.0 cm³/mol. The predicted octanol–water partition coefficient (Wildman–Crippen LogP) is 1.33. The van der Waals surface area contributed by atoms with Crippen molar-refractivity contribution in [3.63, 3.8) is 0 Å². The van der Waals surface area contributed by atoms with Crippen LogP contribution in [0.25, 0.3) is 0 Å². The lowest BCUT2D eigenvalue weighted by atomic mass is 10.1. The van der Waals surface area contributed by atoms with E-state index in [1.165, 1.54) is 25.3 Å².